The number of rotatable bonds is 2. The van der Waals surface area contributed by atoms with Crippen LogP contribution >= 0.6 is 0 Å². The van der Waals surface area contributed by atoms with Crippen molar-refractivity contribution in [2.75, 3.05) is 7.05 Å². The van der Waals surface area contributed by atoms with E-state index >= 15 is 0 Å². The Morgan fingerprint density at radius 3 is 2.56 bits per heavy atom. The van der Waals surface area contributed by atoms with Crippen molar-refractivity contribution in [1.82, 2.24) is 25.0 Å². The highest BCUT2D eigenvalue weighted by atomic mass is 16.1. The molecule has 1 unspecified atom stereocenters. The van der Waals surface area contributed by atoms with Crippen molar-refractivity contribution in [1.29, 1.82) is 0 Å². The van der Waals surface area contributed by atoms with Crippen LogP contribution in [-0.4, -0.2) is 50.7 Å². The van der Waals surface area contributed by atoms with Gasteiger partial charge in [0, 0.05) is 30.9 Å². The zero-order valence-corrected chi connectivity index (χ0v) is 15.5. The number of carbonyl (C=O) groups excluding carboxylic acids is 1. The average molecular weight is 341 g/mol. The second-order valence-corrected chi connectivity index (χ2v) is 7.76. The van der Waals surface area contributed by atoms with Crippen LogP contribution in [0.25, 0.3) is 11.0 Å². The molecule has 2 aliphatic heterocycles. The van der Waals surface area contributed by atoms with Crippen molar-refractivity contribution in [2.24, 2.45) is 7.05 Å². The summed E-state index contributed by atoms with van der Waals surface area (Å²) < 4.78 is 1.76. The quantitative estimate of drug-likeness (QED) is 0.911. The summed E-state index contributed by atoms with van der Waals surface area (Å²) in [6.07, 6.45) is 5.93. The van der Waals surface area contributed by atoms with Crippen molar-refractivity contribution in [3.63, 3.8) is 0 Å². The third kappa shape index (κ3) is 2.82. The molecule has 0 saturated carbocycles. The van der Waals surface area contributed by atoms with Gasteiger partial charge in [-0.15, -0.1) is 0 Å². The van der Waals surface area contributed by atoms with Gasteiger partial charge in [-0.25, -0.2) is 4.98 Å². The molecule has 1 amide bonds. The third-order valence-electron chi connectivity index (χ3n) is 6.02. The molecule has 2 aromatic heterocycles. The second-order valence-electron chi connectivity index (χ2n) is 7.76. The van der Waals surface area contributed by atoms with Crippen LogP contribution in [0.4, 0.5) is 0 Å². The number of amides is 1. The molecule has 4 rings (SSSR count). The van der Waals surface area contributed by atoms with Gasteiger partial charge in [0.25, 0.3) is 5.91 Å². The Morgan fingerprint density at radius 2 is 1.88 bits per heavy atom. The number of carbonyl (C=O) groups is 1. The van der Waals surface area contributed by atoms with Crippen LogP contribution in [0, 0.1) is 13.8 Å². The fraction of sp³-hybridized carbons (Fsp3) is 0.632. The van der Waals surface area contributed by atoms with Gasteiger partial charge in [0.2, 0.25) is 0 Å². The van der Waals surface area contributed by atoms with Gasteiger partial charge in [-0.3, -0.25) is 9.48 Å². The summed E-state index contributed by atoms with van der Waals surface area (Å²) in [5.41, 5.74) is 3.19. The Morgan fingerprint density at radius 1 is 1.20 bits per heavy atom. The summed E-state index contributed by atoms with van der Waals surface area (Å²) >= 11 is 0. The highest BCUT2D eigenvalue weighted by Crippen LogP contribution is 2.33. The minimum absolute atomic E-state index is 0.0132. The SMILES string of the molecule is Cc1cc(C(=O)NC2C[C@H]3CCC[C@@H](C2)N3C)c2c(C)nn(C)c2n1. The molecule has 1 N–H and O–H groups in total. The van der Waals surface area contributed by atoms with Gasteiger partial charge in [-0.2, -0.15) is 5.10 Å². The maximum absolute atomic E-state index is 13.1. The molecule has 134 valence electrons. The molecule has 0 radical (unpaired) electrons. The van der Waals surface area contributed by atoms with E-state index < -0.39 is 0 Å². The Hall–Kier alpha value is -1.95. The summed E-state index contributed by atoms with van der Waals surface area (Å²) in [4.78, 5) is 20.1. The maximum atomic E-state index is 13.1. The molecule has 3 atom stereocenters. The van der Waals surface area contributed by atoms with Crippen molar-refractivity contribution >= 4 is 16.9 Å². The van der Waals surface area contributed by atoms with E-state index in [2.05, 4.69) is 27.3 Å². The van der Waals surface area contributed by atoms with E-state index in [4.69, 9.17) is 0 Å². The summed E-state index contributed by atoms with van der Waals surface area (Å²) in [7, 11) is 4.11. The van der Waals surface area contributed by atoms with Gasteiger partial charge in [0.1, 0.15) is 0 Å². The summed E-state index contributed by atoms with van der Waals surface area (Å²) in [6.45, 7) is 3.87. The van der Waals surface area contributed by atoms with Crippen molar-refractivity contribution in [3.8, 4) is 0 Å². The molecule has 2 aliphatic rings. The molecular weight excluding hydrogens is 314 g/mol. The van der Waals surface area contributed by atoms with E-state index in [1.165, 1.54) is 19.3 Å². The number of hydrogen-bond acceptors (Lipinski definition) is 4. The number of aromatic nitrogens is 3. The van der Waals surface area contributed by atoms with Crippen LogP contribution < -0.4 is 5.32 Å². The molecule has 2 fully saturated rings. The van der Waals surface area contributed by atoms with E-state index in [-0.39, 0.29) is 11.9 Å². The molecule has 2 aromatic rings. The number of fused-ring (bicyclic) bond motifs is 3. The summed E-state index contributed by atoms with van der Waals surface area (Å²) in [5, 5.41) is 8.63. The number of nitrogens with zero attached hydrogens (tertiary/aromatic N) is 4. The van der Waals surface area contributed by atoms with Crippen LogP contribution in [0.1, 0.15) is 53.8 Å². The van der Waals surface area contributed by atoms with Crippen LogP contribution in [0.5, 0.6) is 0 Å². The Labute approximate surface area is 148 Å². The topological polar surface area (TPSA) is 63.1 Å². The standard InChI is InChI=1S/C19H27N5O/c1-11-8-16(17-12(2)22-24(4)18(17)20-11)19(25)21-13-9-14-6-5-7-15(10-13)23(14)3/h8,13-15H,5-7,9-10H2,1-4H3,(H,21,25)/t13?,14-,15+. The zero-order valence-electron chi connectivity index (χ0n) is 15.5. The van der Waals surface area contributed by atoms with Crippen LogP contribution in [0.15, 0.2) is 6.07 Å². The smallest absolute Gasteiger partial charge is 0.252 e. The molecule has 2 bridgehead atoms. The van der Waals surface area contributed by atoms with Crippen LogP contribution in [0.3, 0.4) is 0 Å². The fourth-order valence-corrected chi connectivity index (χ4v) is 4.75. The van der Waals surface area contributed by atoms with E-state index in [0.717, 1.165) is 35.3 Å². The molecule has 6 nitrogen and oxygen atoms in total. The van der Waals surface area contributed by atoms with Crippen molar-refractivity contribution in [2.45, 2.75) is 64.1 Å². The number of hydrogen-bond donors (Lipinski definition) is 1. The minimum Gasteiger partial charge on any atom is -0.349 e. The fourth-order valence-electron chi connectivity index (χ4n) is 4.75. The summed E-state index contributed by atoms with van der Waals surface area (Å²) in [5.74, 6) is 0.0132. The lowest BCUT2D eigenvalue weighted by molar-refractivity contribution is 0.0463. The largest absolute Gasteiger partial charge is 0.349 e. The summed E-state index contributed by atoms with van der Waals surface area (Å²) in [6, 6.07) is 3.37. The lowest BCUT2D eigenvalue weighted by atomic mass is 9.82. The van der Waals surface area contributed by atoms with E-state index in [1.54, 1.807) is 4.68 Å². The molecule has 25 heavy (non-hydrogen) atoms. The number of piperidine rings is 2. The average Bonchev–Trinajstić information content (AvgIpc) is 2.82. The lowest BCUT2D eigenvalue weighted by Crippen LogP contribution is -2.55. The third-order valence-corrected chi connectivity index (χ3v) is 6.02. The van der Waals surface area contributed by atoms with E-state index in [9.17, 15) is 4.79 Å². The van der Waals surface area contributed by atoms with Crippen LogP contribution in [-0.2, 0) is 7.05 Å². The van der Waals surface area contributed by atoms with Gasteiger partial charge in [0.15, 0.2) is 5.65 Å². The van der Waals surface area contributed by atoms with Crippen molar-refractivity contribution in [3.05, 3.63) is 23.0 Å². The van der Waals surface area contributed by atoms with Crippen molar-refractivity contribution < 1.29 is 4.79 Å². The van der Waals surface area contributed by atoms with Gasteiger partial charge < -0.3 is 10.2 Å². The molecule has 6 heteroatoms. The normalized spacial score (nSPS) is 26.8. The first-order valence-electron chi connectivity index (χ1n) is 9.27. The monoisotopic (exact) mass is 341 g/mol. The first-order valence-corrected chi connectivity index (χ1v) is 9.27. The highest BCUT2D eigenvalue weighted by molar-refractivity contribution is 6.06. The lowest BCUT2D eigenvalue weighted by Gasteiger charge is -2.47. The first kappa shape index (κ1) is 16.5. The Balaban J connectivity index is 1.61. The number of nitrogens with one attached hydrogen (secondary N) is 1. The van der Waals surface area contributed by atoms with E-state index in [0.29, 0.717) is 17.6 Å². The molecule has 0 spiro atoms. The van der Waals surface area contributed by atoms with Crippen LogP contribution in [0.2, 0.25) is 0 Å². The highest BCUT2D eigenvalue weighted by Gasteiger charge is 2.36. The Kier molecular flexibility index (Phi) is 4.02. The van der Waals surface area contributed by atoms with Gasteiger partial charge >= 0.3 is 0 Å². The predicted octanol–water partition coefficient (Wildman–Crippen LogP) is 2.33. The predicted molar refractivity (Wildman–Crippen MR) is 97.7 cm³/mol. The van der Waals surface area contributed by atoms with Gasteiger partial charge in [0.05, 0.1) is 16.6 Å². The first-order chi connectivity index (χ1) is 11.9. The second kappa shape index (κ2) is 6.09. The van der Waals surface area contributed by atoms with E-state index in [1.807, 2.05) is 27.0 Å². The molecule has 0 aromatic carbocycles. The molecule has 4 heterocycles. The zero-order chi connectivity index (χ0) is 17.7. The maximum Gasteiger partial charge on any atom is 0.252 e. The van der Waals surface area contributed by atoms with Gasteiger partial charge in [-0.1, -0.05) is 6.42 Å². The van der Waals surface area contributed by atoms with Gasteiger partial charge in [-0.05, 0) is 52.6 Å². The minimum atomic E-state index is 0.0132. The molecule has 2 saturated heterocycles. The number of pyridine rings is 1. The number of aryl methyl sites for hydroxylation is 3. The molecular formula is C19H27N5O. The molecule has 0 aliphatic carbocycles. The Bertz CT molecular complexity index is 813.